The van der Waals surface area contributed by atoms with E-state index in [9.17, 15) is 0 Å². The van der Waals surface area contributed by atoms with Crippen LogP contribution in [0.4, 0.5) is 0 Å². The molecule has 0 spiro atoms. The summed E-state index contributed by atoms with van der Waals surface area (Å²) in [6, 6.07) is 23.3. The largest absolute Gasteiger partial charge is 0.163 e. The van der Waals surface area contributed by atoms with Gasteiger partial charge in [-0.3, -0.25) is 0 Å². The van der Waals surface area contributed by atoms with Gasteiger partial charge < -0.3 is 0 Å². The first-order chi connectivity index (χ1) is 21.7. The van der Waals surface area contributed by atoms with Crippen LogP contribution in [-0.4, -0.2) is 8.07 Å². The molecule has 1 aliphatic rings. The Morgan fingerprint density at radius 1 is 0.457 bits per heavy atom. The summed E-state index contributed by atoms with van der Waals surface area (Å²) in [5.74, 6) is 2.78. The fraction of sp³-hybridized carbons (Fsp3) is 0.489. The number of unbranched alkanes of at least 4 members (excludes halogenated alkanes) is 1. The molecule has 0 heterocycles. The number of benzene rings is 3. The van der Waals surface area contributed by atoms with Gasteiger partial charge in [-0.15, -0.1) is 0 Å². The van der Waals surface area contributed by atoms with Crippen molar-refractivity contribution in [3.8, 4) is 0 Å². The zero-order valence-corrected chi connectivity index (χ0v) is 32.5. The van der Waals surface area contributed by atoms with Gasteiger partial charge in [-0.2, -0.15) is 0 Å². The second-order valence-corrected chi connectivity index (χ2v) is 19.7. The lowest BCUT2D eigenvalue weighted by atomic mass is 9.95. The maximum Gasteiger partial charge on any atom is 0.163 e. The maximum atomic E-state index is 2.63. The van der Waals surface area contributed by atoms with Gasteiger partial charge in [0.15, 0.2) is 8.07 Å². The summed E-state index contributed by atoms with van der Waals surface area (Å²) in [6.07, 6.45) is 10.9. The molecular weight excluding hydrogens is 569 g/mol. The highest BCUT2D eigenvalue weighted by Gasteiger charge is 2.49. The lowest BCUT2D eigenvalue weighted by Crippen LogP contribution is -2.71. The van der Waals surface area contributed by atoms with E-state index in [0.717, 1.165) is 6.42 Å². The standard InChI is InChI=1S/C45H63Si/c1-14-15-17-35-18-16-19-45(35)46(42-23-36(29(2)3)20-37(24-42)30(4)5,43-25-38(31(6)7)21-39(26-43)32(8)9)44-27-40(33(10)11)22-41(28-44)34(12)13/h16,18-34H,14-15,17H2,1-13H3. The van der Waals surface area contributed by atoms with E-state index in [0.29, 0.717) is 35.5 Å². The molecule has 0 N–H and O–H groups in total. The van der Waals surface area contributed by atoms with Crippen LogP contribution in [0.2, 0.25) is 0 Å². The Balaban J connectivity index is 2.32. The molecule has 0 fully saturated rings. The molecule has 0 atom stereocenters. The van der Waals surface area contributed by atoms with Crippen molar-refractivity contribution < 1.29 is 0 Å². The highest BCUT2D eigenvalue weighted by Crippen LogP contribution is 2.38. The van der Waals surface area contributed by atoms with Crippen LogP contribution in [0.15, 0.2) is 78.4 Å². The van der Waals surface area contributed by atoms with E-state index in [2.05, 4.69) is 163 Å². The van der Waals surface area contributed by atoms with E-state index in [1.165, 1.54) is 46.2 Å². The van der Waals surface area contributed by atoms with Crippen molar-refractivity contribution in [3.05, 3.63) is 117 Å². The Hall–Kier alpha value is -2.64. The molecule has 0 bridgehead atoms. The van der Waals surface area contributed by atoms with Gasteiger partial charge in [-0.1, -0.05) is 175 Å². The molecule has 1 radical (unpaired) electrons. The molecule has 247 valence electrons. The van der Waals surface area contributed by atoms with Crippen LogP contribution in [-0.2, 0) is 0 Å². The molecule has 0 aliphatic heterocycles. The molecule has 3 aromatic rings. The number of hydrogen-bond acceptors (Lipinski definition) is 0. The summed E-state index contributed by atoms with van der Waals surface area (Å²) in [7, 11) is -2.81. The summed E-state index contributed by atoms with van der Waals surface area (Å²) < 4.78 is 0. The fourth-order valence-electron chi connectivity index (χ4n) is 7.05. The summed E-state index contributed by atoms with van der Waals surface area (Å²) in [4.78, 5) is 0. The molecule has 1 aliphatic carbocycles. The summed E-state index contributed by atoms with van der Waals surface area (Å²) >= 11 is 0. The molecular formula is C45H63Si. The zero-order chi connectivity index (χ0) is 33.9. The first-order valence-corrected chi connectivity index (χ1v) is 20.4. The first-order valence-electron chi connectivity index (χ1n) is 18.4. The van der Waals surface area contributed by atoms with E-state index < -0.39 is 8.07 Å². The molecule has 3 aromatic carbocycles. The Morgan fingerprint density at radius 2 is 0.761 bits per heavy atom. The zero-order valence-electron chi connectivity index (χ0n) is 31.5. The monoisotopic (exact) mass is 631 g/mol. The van der Waals surface area contributed by atoms with Gasteiger partial charge in [0, 0.05) is 5.54 Å². The number of rotatable bonds is 13. The van der Waals surface area contributed by atoms with E-state index in [-0.39, 0.29) is 0 Å². The van der Waals surface area contributed by atoms with Gasteiger partial charge in [0.1, 0.15) is 0 Å². The number of allylic oxidation sites excluding steroid dienone is 4. The van der Waals surface area contributed by atoms with Crippen molar-refractivity contribution >= 4 is 23.6 Å². The second-order valence-electron chi connectivity index (χ2n) is 15.9. The van der Waals surface area contributed by atoms with Crippen LogP contribution in [0.5, 0.6) is 0 Å². The molecule has 0 amide bonds. The van der Waals surface area contributed by atoms with Crippen LogP contribution in [0.1, 0.15) is 178 Å². The normalized spacial score (nSPS) is 14.3. The summed E-state index contributed by atoms with van der Waals surface area (Å²) in [6.45, 7) is 30.8. The molecule has 1 heteroatoms. The SMILES string of the molecule is CCCCC1=CC=C[C]1[Si](c1cc(C(C)C)cc(C(C)C)c1)(c1cc(C(C)C)cc(C(C)C)c1)c1cc(C(C)C)cc(C(C)C)c1. The Bertz CT molecular complexity index is 1310. The van der Waals surface area contributed by atoms with E-state index in [1.807, 2.05) is 0 Å². The van der Waals surface area contributed by atoms with Crippen LogP contribution in [0, 0.1) is 5.54 Å². The first kappa shape index (κ1) is 36.2. The minimum atomic E-state index is -2.81. The Labute approximate surface area is 284 Å². The minimum Gasteiger partial charge on any atom is -0.0750 e. The van der Waals surface area contributed by atoms with Crippen LogP contribution in [0.25, 0.3) is 0 Å². The maximum absolute atomic E-state index is 2.81. The average Bonchev–Trinajstić information content (AvgIpc) is 3.48. The van der Waals surface area contributed by atoms with Gasteiger partial charge in [-0.05, 0) is 97.3 Å². The highest BCUT2D eigenvalue weighted by molar-refractivity contribution is 7.16. The predicted octanol–water partition coefficient (Wildman–Crippen LogP) is 11.7. The van der Waals surface area contributed by atoms with Gasteiger partial charge in [0.05, 0.1) is 0 Å². The molecule has 0 aromatic heterocycles. The van der Waals surface area contributed by atoms with Crippen molar-refractivity contribution in [2.45, 2.75) is 145 Å². The molecule has 4 rings (SSSR count). The average molecular weight is 632 g/mol. The van der Waals surface area contributed by atoms with E-state index >= 15 is 0 Å². The molecule has 0 unspecified atom stereocenters. The molecule has 0 saturated heterocycles. The quantitative estimate of drug-likeness (QED) is 0.130. The third-order valence-electron chi connectivity index (χ3n) is 10.3. The fourth-order valence-corrected chi connectivity index (χ4v) is 12.3. The minimum absolute atomic E-state index is 0.463. The van der Waals surface area contributed by atoms with E-state index in [4.69, 9.17) is 0 Å². The molecule has 46 heavy (non-hydrogen) atoms. The van der Waals surface area contributed by atoms with Crippen molar-refractivity contribution in [2.75, 3.05) is 0 Å². The van der Waals surface area contributed by atoms with Gasteiger partial charge >= 0.3 is 0 Å². The van der Waals surface area contributed by atoms with Crippen molar-refractivity contribution in [1.82, 2.24) is 0 Å². The van der Waals surface area contributed by atoms with Gasteiger partial charge in [-0.25, -0.2) is 0 Å². The van der Waals surface area contributed by atoms with Crippen molar-refractivity contribution in [2.24, 2.45) is 0 Å². The highest BCUT2D eigenvalue weighted by atomic mass is 28.3. The molecule has 0 saturated carbocycles. The third kappa shape index (κ3) is 7.41. The summed E-state index contributed by atoms with van der Waals surface area (Å²) in [5, 5.41) is 4.66. The lowest BCUT2D eigenvalue weighted by molar-refractivity contribution is 0.791. The van der Waals surface area contributed by atoms with Gasteiger partial charge in [0.25, 0.3) is 0 Å². The lowest BCUT2D eigenvalue weighted by Gasteiger charge is -2.41. The topological polar surface area (TPSA) is 0 Å². The summed E-state index contributed by atoms with van der Waals surface area (Å²) in [5.41, 5.74) is 11.9. The van der Waals surface area contributed by atoms with Crippen molar-refractivity contribution in [3.63, 3.8) is 0 Å². The smallest absolute Gasteiger partial charge is 0.0750 e. The Kier molecular flexibility index (Phi) is 11.9. The molecule has 0 nitrogen and oxygen atoms in total. The second kappa shape index (κ2) is 15.1. The third-order valence-corrected chi connectivity index (χ3v) is 15.1. The van der Waals surface area contributed by atoms with Crippen molar-refractivity contribution in [1.29, 1.82) is 0 Å². The predicted molar refractivity (Wildman–Crippen MR) is 209 cm³/mol. The van der Waals surface area contributed by atoms with E-state index in [1.54, 1.807) is 26.7 Å². The van der Waals surface area contributed by atoms with Crippen LogP contribution >= 0.6 is 0 Å². The van der Waals surface area contributed by atoms with Crippen LogP contribution < -0.4 is 15.6 Å². The van der Waals surface area contributed by atoms with Crippen LogP contribution in [0.3, 0.4) is 0 Å². The number of hydrogen-bond donors (Lipinski definition) is 0. The Morgan fingerprint density at radius 3 is 1.02 bits per heavy atom. The van der Waals surface area contributed by atoms with Gasteiger partial charge in [0.2, 0.25) is 0 Å².